The molecule has 1 heterocycles. The maximum atomic E-state index is 11.0. The smallest absolute Gasteiger partial charge is 0.191 e. The molecular formula is C22H38BrNO4Si. The molecule has 1 N–H and O–H groups in total. The summed E-state index contributed by atoms with van der Waals surface area (Å²) in [5, 5.41) is 11.2. The molecule has 29 heavy (non-hydrogen) atoms. The summed E-state index contributed by atoms with van der Waals surface area (Å²) in [7, 11) is -0.269. The third-order valence-corrected chi connectivity index (χ3v) is 10.7. The molecule has 0 aliphatic carbocycles. The topological polar surface area (TPSA) is 60.8 Å². The predicted octanol–water partition coefficient (Wildman–Crippen LogP) is 6.28. The Bertz CT molecular complexity index is 661. The summed E-state index contributed by atoms with van der Waals surface area (Å²) >= 11 is 3.48. The highest BCUT2D eigenvalue weighted by Crippen LogP contribution is 2.42. The van der Waals surface area contributed by atoms with Gasteiger partial charge in [0, 0.05) is 18.7 Å². The highest BCUT2D eigenvalue weighted by molar-refractivity contribution is 9.10. The van der Waals surface area contributed by atoms with E-state index >= 15 is 0 Å². The predicted molar refractivity (Wildman–Crippen MR) is 125 cm³/mol. The number of aliphatic hydroxyl groups is 1. The first-order valence-corrected chi connectivity index (χ1v) is 14.0. The van der Waals surface area contributed by atoms with Crippen molar-refractivity contribution in [2.45, 2.75) is 71.2 Å². The van der Waals surface area contributed by atoms with Gasteiger partial charge in [0.2, 0.25) is 0 Å². The van der Waals surface area contributed by atoms with Crippen LogP contribution in [0.1, 0.15) is 58.8 Å². The van der Waals surface area contributed by atoms with E-state index < -0.39 is 14.4 Å². The fourth-order valence-corrected chi connectivity index (χ4v) is 4.06. The summed E-state index contributed by atoms with van der Waals surface area (Å²) in [5.41, 5.74) is 0.458. The van der Waals surface area contributed by atoms with Gasteiger partial charge in [-0.3, -0.25) is 4.98 Å². The van der Waals surface area contributed by atoms with Crippen LogP contribution in [-0.2, 0) is 4.43 Å². The Kier molecular flexibility index (Phi) is 10.4. The van der Waals surface area contributed by atoms with Crippen molar-refractivity contribution in [3.05, 3.63) is 29.0 Å². The van der Waals surface area contributed by atoms with Crippen LogP contribution in [0.3, 0.4) is 0 Å². The minimum atomic E-state index is -1.83. The van der Waals surface area contributed by atoms with E-state index in [9.17, 15) is 5.11 Å². The van der Waals surface area contributed by atoms with Gasteiger partial charge in [0.1, 0.15) is 11.8 Å². The van der Waals surface area contributed by atoms with Crippen molar-refractivity contribution in [3.63, 3.8) is 0 Å². The van der Waals surface area contributed by atoms with Gasteiger partial charge in [-0.25, -0.2) is 0 Å². The summed E-state index contributed by atoms with van der Waals surface area (Å²) < 4.78 is 18.4. The molecule has 1 aromatic rings. The number of rotatable bonds is 12. The Morgan fingerprint density at radius 1 is 1.28 bits per heavy atom. The largest absolute Gasteiger partial charge is 0.491 e. The first-order valence-electron chi connectivity index (χ1n) is 10.3. The molecule has 0 saturated heterocycles. The minimum absolute atomic E-state index is 0.149. The summed E-state index contributed by atoms with van der Waals surface area (Å²) in [5.74, 6) is 0.830. The molecule has 5 nitrogen and oxygen atoms in total. The maximum absolute atomic E-state index is 11.0. The number of ether oxygens (including phenoxy) is 2. The van der Waals surface area contributed by atoms with E-state index in [1.165, 1.54) is 0 Å². The van der Waals surface area contributed by atoms with Crippen LogP contribution in [0.25, 0.3) is 0 Å². The van der Waals surface area contributed by atoms with Crippen LogP contribution in [0.4, 0.5) is 0 Å². The van der Waals surface area contributed by atoms with Crippen LogP contribution in [0.5, 0.6) is 11.5 Å². The molecule has 0 fully saturated rings. The second-order valence-electron chi connectivity index (χ2n) is 8.80. The van der Waals surface area contributed by atoms with Crippen LogP contribution in [0, 0.1) is 5.92 Å². The summed E-state index contributed by atoms with van der Waals surface area (Å²) in [6, 6.07) is 0. The van der Waals surface area contributed by atoms with Gasteiger partial charge in [0.15, 0.2) is 19.8 Å². The lowest BCUT2D eigenvalue weighted by Crippen LogP contribution is -2.41. The van der Waals surface area contributed by atoms with Crippen molar-refractivity contribution in [1.82, 2.24) is 4.98 Å². The molecule has 0 aliphatic heterocycles. The van der Waals surface area contributed by atoms with Crippen molar-refractivity contribution in [3.8, 4) is 11.5 Å². The Morgan fingerprint density at radius 2 is 1.93 bits per heavy atom. The van der Waals surface area contributed by atoms with E-state index in [0.717, 1.165) is 12.8 Å². The third-order valence-electron chi connectivity index (χ3n) is 5.63. The number of halogens is 1. The van der Waals surface area contributed by atoms with Crippen molar-refractivity contribution in [2.75, 3.05) is 20.3 Å². The van der Waals surface area contributed by atoms with E-state index in [0.29, 0.717) is 41.3 Å². The molecule has 2 unspecified atom stereocenters. The number of aliphatic hydroxyl groups excluding tert-OH is 1. The molecule has 0 saturated carbocycles. The van der Waals surface area contributed by atoms with Crippen molar-refractivity contribution in [1.29, 1.82) is 0 Å². The Morgan fingerprint density at radius 3 is 2.45 bits per heavy atom. The fourth-order valence-electron chi connectivity index (χ4n) is 2.60. The highest BCUT2D eigenvalue weighted by atomic mass is 79.9. The number of pyridine rings is 1. The molecule has 7 heteroatoms. The zero-order valence-electron chi connectivity index (χ0n) is 19.0. The molecule has 2 atom stereocenters. The number of methoxy groups -OCH3 is 1. The van der Waals surface area contributed by atoms with E-state index in [1.54, 1.807) is 19.4 Å². The average molecular weight is 489 g/mol. The number of aromatic nitrogens is 1. The molecule has 1 rings (SSSR count). The Hall–Kier alpha value is -0.893. The molecule has 166 valence electrons. The van der Waals surface area contributed by atoms with Crippen molar-refractivity contribution >= 4 is 24.2 Å². The first kappa shape index (κ1) is 26.1. The first-order chi connectivity index (χ1) is 13.5. The average Bonchev–Trinajstić information content (AvgIpc) is 2.65. The Balaban J connectivity index is 2.97. The second-order valence-corrected chi connectivity index (χ2v) is 14.5. The quantitative estimate of drug-likeness (QED) is 0.213. The Labute approximate surface area is 186 Å². The summed E-state index contributed by atoms with van der Waals surface area (Å²) in [6.07, 6.45) is 5.19. The molecule has 0 spiro atoms. The maximum Gasteiger partial charge on any atom is 0.191 e. The number of hydrogen-bond donors (Lipinski definition) is 1. The van der Waals surface area contributed by atoms with E-state index in [4.69, 9.17) is 13.9 Å². The van der Waals surface area contributed by atoms with E-state index in [1.807, 2.05) is 0 Å². The second kappa shape index (κ2) is 11.5. The molecule has 0 radical (unpaired) electrons. The number of unbranched alkanes of at least 4 members (excludes halogenated alkanes) is 1. The number of nitrogens with zero attached hydrogens (tertiary/aromatic N) is 1. The SMILES string of the molecule is C=CC(CCO[Si](C)(C)C(C)(C)C)C(O)c1ncc(Br)c(OCCCC)c1OC. The van der Waals surface area contributed by atoms with Gasteiger partial charge in [0.25, 0.3) is 0 Å². The standard InChI is InChI=1S/C22H38BrNO4Si/c1-9-11-13-27-20-17(23)15-24-18(21(20)26-6)19(25)16(10-2)12-14-28-29(7,8)22(3,4)5/h10,15-16,19,25H,2,9,11-14H2,1,3-8H3. The summed E-state index contributed by atoms with van der Waals surface area (Å²) in [4.78, 5) is 4.42. The molecule has 0 amide bonds. The van der Waals surface area contributed by atoms with Crippen LogP contribution < -0.4 is 9.47 Å². The van der Waals surface area contributed by atoms with Crippen molar-refractivity contribution in [2.24, 2.45) is 5.92 Å². The highest BCUT2D eigenvalue weighted by Gasteiger charge is 2.37. The summed E-state index contributed by atoms with van der Waals surface area (Å²) in [6.45, 7) is 18.3. The van der Waals surface area contributed by atoms with Gasteiger partial charge >= 0.3 is 0 Å². The lowest BCUT2D eigenvalue weighted by atomic mass is 9.95. The van der Waals surface area contributed by atoms with E-state index in [-0.39, 0.29) is 11.0 Å². The lowest BCUT2D eigenvalue weighted by Gasteiger charge is -2.36. The molecular weight excluding hydrogens is 450 g/mol. The van der Waals surface area contributed by atoms with Gasteiger partial charge in [-0.2, -0.15) is 0 Å². The zero-order valence-corrected chi connectivity index (χ0v) is 21.6. The molecule has 0 aliphatic rings. The van der Waals surface area contributed by atoms with E-state index in [2.05, 4.69) is 68.3 Å². The fraction of sp³-hybridized carbons (Fsp3) is 0.682. The van der Waals surface area contributed by atoms with Crippen LogP contribution in [0.2, 0.25) is 18.1 Å². The van der Waals surface area contributed by atoms with Crippen LogP contribution >= 0.6 is 15.9 Å². The third kappa shape index (κ3) is 7.09. The van der Waals surface area contributed by atoms with Gasteiger partial charge < -0.3 is 19.0 Å². The minimum Gasteiger partial charge on any atom is -0.491 e. The molecule has 1 aromatic heterocycles. The van der Waals surface area contributed by atoms with Crippen molar-refractivity contribution < 1.29 is 19.0 Å². The monoisotopic (exact) mass is 487 g/mol. The van der Waals surface area contributed by atoms with Crippen LogP contribution in [-0.4, -0.2) is 38.7 Å². The van der Waals surface area contributed by atoms with Gasteiger partial charge in [0.05, 0.1) is 18.2 Å². The molecule has 0 aromatic carbocycles. The zero-order chi connectivity index (χ0) is 22.2. The normalized spacial score (nSPS) is 14.4. The van der Waals surface area contributed by atoms with Gasteiger partial charge in [-0.15, -0.1) is 6.58 Å². The molecule has 0 bridgehead atoms. The van der Waals surface area contributed by atoms with Gasteiger partial charge in [-0.1, -0.05) is 40.2 Å². The van der Waals surface area contributed by atoms with Gasteiger partial charge in [-0.05, 0) is 46.9 Å². The van der Waals surface area contributed by atoms with Crippen LogP contribution in [0.15, 0.2) is 23.3 Å². The number of hydrogen-bond acceptors (Lipinski definition) is 5. The lowest BCUT2D eigenvalue weighted by molar-refractivity contribution is 0.107.